The Kier molecular flexibility index (Phi) is 4.99. The molecular weight excluding hydrogens is 228 g/mol. The first-order chi connectivity index (χ1) is 8.49. The van der Waals surface area contributed by atoms with Crippen LogP contribution in [0.25, 0.3) is 0 Å². The number of aliphatic hydroxyl groups is 1. The van der Waals surface area contributed by atoms with Gasteiger partial charge in [-0.2, -0.15) is 0 Å². The summed E-state index contributed by atoms with van der Waals surface area (Å²) in [4.78, 5) is 11.5. The average molecular weight is 242 g/mol. The molecule has 0 heterocycles. The number of carbonyl (C=O) groups excluding carboxylic acids is 1. The van der Waals surface area contributed by atoms with E-state index in [0.29, 0.717) is 5.56 Å². The van der Waals surface area contributed by atoms with E-state index >= 15 is 0 Å². The average Bonchev–Trinajstić information content (AvgIpc) is 2.33. The van der Waals surface area contributed by atoms with Gasteiger partial charge in [0.1, 0.15) is 5.60 Å². The van der Waals surface area contributed by atoms with Crippen LogP contribution in [0.4, 0.5) is 0 Å². The maximum absolute atomic E-state index is 11.5. The summed E-state index contributed by atoms with van der Waals surface area (Å²) in [5.41, 5.74) is -0.572. The summed E-state index contributed by atoms with van der Waals surface area (Å²) in [6.45, 7) is 3.11. The predicted octanol–water partition coefficient (Wildman–Crippen LogP) is 1.62. The highest BCUT2D eigenvalue weighted by Crippen LogP contribution is 2.00. The van der Waals surface area contributed by atoms with E-state index in [4.69, 9.17) is 4.74 Å². The van der Waals surface area contributed by atoms with E-state index in [1.54, 1.807) is 38.1 Å². The van der Waals surface area contributed by atoms with Gasteiger partial charge in [-0.25, -0.2) is 4.79 Å². The number of benzene rings is 1. The zero-order valence-electron chi connectivity index (χ0n) is 10.4. The summed E-state index contributed by atoms with van der Waals surface area (Å²) < 4.78 is 4.92. The molecule has 0 bridgehead atoms. The van der Waals surface area contributed by atoms with Gasteiger partial charge >= 0.3 is 5.97 Å². The number of ether oxygens (including phenoxy) is 1. The highest BCUT2D eigenvalue weighted by atomic mass is 16.5. The zero-order valence-corrected chi connectivity index (χ0v) is 10.4. The molecule has 0 amide bonds. The minimum Gasteiger partial charge on any atom is -0.449 e. The second-order valence-corrected chi connectivity index (χ2v) is 4.05. The van der Waals surface area contributed by atoms with Gasteiger partial charge in [-0.1, -0.05) is 24.1 Å². The van der Waals surface area contributed by atoms with Crippen LogP contribution in [0.1, 0.15) is 24.2 Å². The number of esters is 1. The summed E-state index contributed by atoms with van der Waals surface area (Å²) in [5, 5.41) is 9.28. The Morgan fingerprint density at radius 2 is 1.94 bits per heavy atom. The minimum absolute atomic E-state index is 0.0196. The van der Waals surface area contributed by atoms with Gasteiger partial charge in [0.15, 0.2) is 6.61 Å². The molecule has 0 atom stereocenters. The Hall–Kier alpha value is -2.23. The maximum atomic E-state index is 11.5. The van der Waals surface area contributed by atoms with E-state index in [0.717, 1.165) is 0 Å². The number of hydrogen-bond acceptors (Lipinski definition) is 3. The lowest BCUT2D eigenvalue weighted by molar-refractivity contribution is 0.0556. The molecule has 92 valence electrons. The second kappa shape index (κ2) is 6.49. The molecular formula is C15H14O3. The van der Waals surface area contributed by atoms with Crippen LogP contribution in [-0.2, 0) is 4.74 Å². The third kappa shape index (κ3) is 5.75. The first kappa shape index (κ1) is 13.8. The molecule has 1 rings (SSSR count). The fourth-order valence-electron chi connectivity index (χ4n) is 1.02. The molecule has 0 fully saturated rings. The van der Waals surface area contributed by atoms with Crippen molar-refractivity contribution < 1.29 is 14.6 Å². The van der Waals surface area contributed by atoms with E-state index in [-0.39, 0.29) is 6.61 Å². The van der Waals surface area contributed by atoms with E-state index in [1.807, 2.05) is 6.07 Å². The minimum atomic E-state index is -1.06. The van der Waals surface area contributed by atoms with Crippen molar-refractivity contribution in [3.63, 3.8) is 0 Å². The molecule has 0 saturated carbocycles. The summed E-state index contributed by atoms with van der Waals surface area (Å²) in [7, 11) is 0. The smallest absolute Gasteiger partial charge is 0.339 e. The summed E-state index contributed by atoms with van der Waals surface area (Å²) in [6, 6.07) is 8.69. The fraction of sp³-hybridized carbons (Fsp3) is 0.267. The van der Waals surface area contributed by atoms with Gasteiger partial charge in [0.2, 0.25) is 0 Å². The summed E-state index contributed by atoms with van der Waals surface area (Å²) in [5.74, 6) is 9.68. The molecule has 0 aromatic heterocycles. The van der Waals surface area contributed by atoms with Crippen molar-refractivity contribution >= 4 is 5.97 Å². The molecule has 0 unspecified atom stereocenters. The first-order valence-electron chi connectivity index (χ1n) is 5.43. The molecule has 0 aliphatic carbocycles. The van der Waals surface area contributed by atoms with E-state index in [1.165, 1.54) is 0 Å². The Labute approximate surface area is 107 Å². The Balaban J connectivity index is 2.41. The topological polar surface area (TPSA) is 46.5 Å². The Morgan fingerprint density at radius 3 is 2.56 bits per heavy atom. The summed E-state index contributed by atoms with van der Waals surface area (Å²) >= 11 is 0. The third-order valence-corrected chi connectivity index (χ3v) is 1.80. The molecule has 1 N–H and O–H groups in total. The number of carbonyl (C=O) groups is 1. The first-order valence-corrected chi connectivity index (χ1v) is 5.43. The highest BCUT2D eigenvalue weighted by Gasteiger charge is 2.05. The van der Waals surface area contributed by atoms with E-state index in [9.17, 15) is 9.90 Å². The molecule has 0 saturated heterocycles. The molecule has 0 spiro atoms. The van der Waals surface area contributed by atoms with Crippen LogP contribution in [0.2, 0.25) is 0 Å². The van der Waals surface area contributed by atoms with Crippen LogP contribution >= 0.6 is 0 Å². The van der Waals surface area contributed by atoms with Crippen molar-refractivity contribution in [1.82, 2.24) is 0 Å². The lowest BCUT2D eigenvalue weighted by Crippen LogP contribution is -2.14. The van der Waals surface area contributed by atoms with Crippen LogP contribution in [0.15, 0.2) is 30.3 Å². The van der Waals surface area contributed by atoms with Gasteiger partial charge in [-0.3, -0.25) is 0 Å². The van der Waals surface area contributed by atoms with Crippen molar-refractivity contribution in [3.05, 3.63) is 35.9 Å². The molecule has 0 aliphatic rings. The number of rotatable bonds is 2. The highest BCUT2D eigenvalue weighted by molar-refractivity contribution is 5.89. The van der Waals surface area contributed by atoms with Crippen molar-refractivity contribution in [2.75, 3.05) is 6.61 Å². The zero-order chi connectivity index (χ0) is 13.4. The van der Waals surface area contributed by atoms with Crippen molar-refractivity contribution in [3.8, 4) is 23.7 Å². The van der Waals surface area contributed by atoms with Crippen LogP contribution in [-0.4, -0.2) is 23.3 Å². The fourth-order valence-corrected chi connectivity index (χ4v) is 1.02. The van der Waals surface area contributed by atoms with Crippen LogP contribution in [0, 0.1) is 23.7 Å². The predicted molar refractivity (Wildman–Crippen MR) is 68.6 cm³/mol. The third-order valence-electron chi connectivity index (χ3n) is 1.80. The van der Waals surface area contributed by atoms with Crippen molar-refractivity contribution in [2.24, 2.45) is 0 Å². The summed E-state index contributed by atoms with van der Waals surface area (Å²) in [6.07, 6.45) is 0. The van der Waals surface area contributed by atoms with Crippen molar-refractivity contribution in [2.45, 2.75) is 19.4 Å². The standard InChI is InChI=1S/C15H14O3/c1-15(2,17)11-7-4-8-12-18-14(16)13-9-5-3-6-10-13/h3,5-6,9-10,17H,12H2,1-2H3. The van der Waals surface area contributed by atoms with Crippen molar-refractivity contribution in [1.29, 1.82) is 0 Å². The molecule has 3 heteroatoms. The lowest BCUT2D eigenvalue weighted by atomic mass is 10.1. The molecule has 0 radical (unpaired) electrons. The van der Waals surface area contributed by atoms with Gasteiger partial charge in [-0.15, -0.1) is 0 Å². The second-order valence-electron chi connectivity index (χ2n) is 4.05. The molecule has 1 aromatic carbocycles. The lowest BCUT2D eigenvalue weighted by Gasteiger charge is -2.04. The van der Waals surface area contributed by atoms with Gasteiger partial charge in [0.05, 0.1) is 5.56 Å². The molecule has 18 heavy (non-hydrogen) atoms. The van der Waals surface area contributed by atoms with Crippen LogP contribution in [0.3, 0.4) is 0 Å². The van der Waals surface area contributed by atoms with Gasteiger partial charge < -0.3 is 9.84 Å². The largest absolute Gasteiger partial charge is 0.449 e. The van der Waals surface area contributed by atoms with Gasteiger partial charge in [0.25, 0.3) is 0 Å². The van der Waals surface area contributed by atoms with Gasteiger partial charge in [-0.05, 0) is 43.7 Å². The van der Waals surface area contributed by atoms with Crippen LogP contribution < -0.4 is 0 Å². The normalized spacial score (nSPS) is 9.50. The Morgan fingerprint density at radius 1 is 1.28 bits per heavy atom. The maximum Gasteiger partial charge on any atom is 0.339 e. The monoisotopic (exact) mass is 242 g/mol. The molecule has 3 nitrogen and oxygen atoms in total. The van der Waals surface area contributed by atoms with E-state index in [2.05, 4.69) is 23.7 Å². The van der Waals surface area contributed by atoms with Crippen LogP contribution in [0.5, 0.6) is 0 Å². The molecule has 0 aliphatic heterocycles. The quantitative estimate of drug-likeness (QED) is 0.633. The Bertz CT molecular complexity index is 516. The molecule has 1 aromatic rings. The number of hydrogen-bond donors (Lipinski definition) is 1. The van der Waals surface area contributed by atoms with Gasteiger partial charge in [0, 0.05) is 0 Å². The van der Waals surface area contributed by atoms with E-state index < -0.39 is 11.6 Å². The SMILES string of the molecule is CC(C)(O)C#CC#CCOC(=O)c1ccccc1.